The van der Waals surface area contributed by atoms with Crippen molar-refractivity contribution in [2.45, 2.75) is 432 Å². The number of phosphoric acid groups is 2. The number of aliphatic hydroxyl groups excluding tert-OH is 1. The summed E-state index contributed by atoms with van der Waals surface area (Å²) in [5, 5.41) is 10.6. The second-order valence-electron chi connectivity index (χ2n) is 29.4. The maximum Gasteiger partial charge on any atom is 0.472 e. The second kappa shape index (κ2) is 70.7. The molecule has 0 aliphatic heterocycles. The molecule has 0 spiro atoms. The zero-order valence-electron chi connectivity index (χ0n) is 64.1. The summed E-state index contributed by atoms with van der Waals surface area (Å²) in [6.07, 6.45) is 59.7. The SMILES string of the molecule is CCCCCCCCCCCCCCCCCCCC(=O)OC[C@H](COP(=O)(O)OC[C@@H](O)COP(=O)(O)OC[C@@H](COC(=O)CCCCCCCCCCC(C)C)OC(=O)CCCCCCCCCCCCC(C)C)OC(=O)CCCCCCCCCCCCCCCCCCC. The first-order valence-corrected chi connectivity index (χ1v) is 44.0. The van der Waals surface area contributed by atoms with Crippen molar-refractivity contribution in [3.63, 3.8) is 0 Å². The third kappa shape index (κ3) is 72.4. The van der Waals surface area contributed by atoms with Crippen molar-refractivity contribution in [3.05, 3.63) is 0 Å². The van der Waals surface area contributed by atoms with Gasteiger partial charge in [-0.25, -0.2) is 9.13 Å². The van der Waals surface area contributed by atoms with Crippen molar-refractivity contribution in [1.29, 1.82) is 0 Å². The molecule has 19 heteroatoms. The molecule has 3 N–H and O–H groups in total. The van der Waals surface area contributed by atoms with Crippen molar-refractivity contribution < 1.29 is 80.2 Å². The Hall–Kier alpha value is -1.94. The maximum atomic E-state index is 13.1. The number of carbonyl (C=O) groups is 4. The number of hydrogen-bond acceptors (Lipinski definition) is 15. The van der Waals surface area contributed by atoms with E-state index in [4.69, 9.17) is 37.0 Å². The minimum absolute atomic E-state index is 0.106. The summed E-state index contributed by atoms with van der Waals surface area (Å²) < 4.78 is 68.7. The van der Waals surface area contributed by atoms with Gasteiger partial charge in [-0.1, -0.05) is 363 Å². The lowest BCUT2D eigenvalue weighted by Crippen LogP contribution is -2.30. The summed E-state index contributed by atoms with van der Waals surface area (Å²) in [5.74, 6) is -0.633. The van der Waals surface area contributed by atoms with Crippen LogP contribution in [0.25, 0.3) is 0 Å². The Bertz CT molecular complexity index is 1890. The topological polar surface area (TPSA) is 237 Å². The standard InChI is InChI=1S/C79H154O17P2/c1-7-9-11-13-15-17-19-21-23-25-27-29-31-36-43-49-55-61-76(81)89-67-74(95-78(83)63-57-51-45-37-32-30-28-26-24-22-20-18-16-14-12-10-8-2)69-93-97(85,86)91-65-73(80)66-92-98(87,88)94-70-75(68-90-77(82)62-56-50-44-40-39-42-48-54-60-72(5)6)96-79(84)64-58-52-46-38-34-33-35-41-47-53-59-71(3)4/h71-75,80H,7-70H2,1-6H3,(H,85,86)(H,87,88)/t73-,74-,75-/m1/s1. The number of carbonyl (C=O) groups excluding carboxylic acids is 4. The molecule has 0 amide bonds. The number of esters is 4. The molecule has 0 aliphatic rings. The monoisotopic (exact) mass is 1440 g/mol. The molecule has 98 heavy (non-hydrogen) atoms. The first-order chi connectivity index (χ1) is 47.4. The van der Waals surface area contributed by atoms with Crippen LogP contribution in [0.4, 0.5) is 0 Å². The fraction of sp³-hybridized carbons (Fsp3) is 0.949. The van der Waals surface area contributed by atoms with Crippen LogP contribution in [-0.4, -0.2) is 96.7 Å². The predicted octanol–water partition coefficient (Wildman–Crippen LogP) is 23.5. The quantitative estimate of drug-likeness (QED) is 0.0222. The average Bonchev–Trinajstić information content (AvgIpc) is 1.08. The van der Waals surface area contributed by atoms with Crippen molar-refractivity contribution in [2.24, 2.45) is 11.8 Å². The van der Waals surface area contributed by atoms with E-state index in [0.717, 1.165) is 102 Å². The van der Waals surface area contributed by atoms with Crippen LogP contribution >= 0.6 is 15.6 Å². The molecular weight excluding hydrogens is 1280 g/mol. The molecule has 0 heterocycles. The Morgan fingerprint density at radius 2 is 0.469 bits per heavy atom. The van der Waals surface area contributed by atoms with Gasteiger partial charge in [0.1, 0.15) is 19.3 Å². The Kier molecular flexibility index (Phi) is 69.3. The summed E-state index contributed by atoms with van der Waals surface area (Å²) in [4.78, 5) is 73.0. The predicted molar refractivity (Wildman–Crippen MR) is 400 cm³/mol. The molecule has 0 aromatic heterocycles. The molecule has 2 unspecified atom stereocenters. The van der Waals surface area contributed by atoms with Gasteiger partial charge in [-0.2, -0.15) is 0 Å². The average molecular weight is 1440 g/mol. The maximum absolute atomic E-state index is 13.1. The smallest absolute Gasteiger partial charge is 0.462 e. The minimum atomic E-state index is -4.96. The van der Waals surface area contributed by atoms with Crippen molar-refractivity contribution in [1.82, 2.24) is 0 Å². The highest BCUT2D eigenvalue weighted by molar-refractivity contribution is 7.47. The molecule has 0 aromatic carbocycles. The van der Waals surface area contributed by atoms with Gasteiger partial charge in [0.05, 0.1) is 26.4 Å². The number of ether oxygens (including phenoxy) is 4. The molecule has 0 fully saturated rings. The van der Waals surface area contributed by atoms with E-state index in [2.05, 4.69) is 41.5 Å². The van der Waals surface area contributed by atoms with Crippen LogP contribution in [0.1, 0.15) is 414 Å². The number of rotatable bonds is 78. The summed E-state index contributed by atoms with van der Waals surface area (Å²) >= 11 is 0. The van der Waals surface area contributed by atoms with Crippen LogP contribution in [0.3, 0.4) is 0 Å². The minimum Gasteiger partial charge on any atom is -0.462 e. The summed E-state index contributed by atoms with van der Waals surface area (Å²) in [7, 11) is -9.92. The molecule has 0 bridgehead atoms. The summed E-state index contributed by atoms with van der Waals surface area (Å²) in [6, 6.07) is 0. The van der Waals surface area contributed by atoms with Crippen LogP contribution < -0.4 is 0 Å². The van der Waals surface area contributed by atoms with Crippen LogP contribution in [0, 0.1) is 11.8 Å². The van der Waals surface area contributed by atoms with Gasteiger partial charge >= 0.3 is 39.5 Å². The largest absolute Gasteiger partial charge is 0.472 e. The zero-order chi connectivity index (χ0) is 72.1. The fourth-order valence-electron chi connectivity index (χ4n) is 12.2. The van der Waals surface area contributed by atoms with E-state index in [1.807, 2.05) is 0 Å². The second-order valence-corrected chi connectivity index (χ2v) is 32.3. The van der Waals surface area contributed by atoms with E-state index in [1.54, 1.807) is 0 Å². The van der Waals surface area contributed by atoms with Gasteiger partial charge < -0.3 is 33.8 Å². The van der Waals surface area contributed by atoms with E-state index in [1.165, 1.54) is 231 Å². The number of phosphoric ester groups is 2. The highest BCUT2D eigenvalue weighted by Gasteiger charge is 2.30. The third-order valence-corrected chi connectivity index (χ3v) is 20.4. The van der Waals surface area contributed by atoms with E-state index in [0.29, 0.717) is 25.7 Å². The zero-order valence-corrected chi connectivity index (χ0v) is 65.9. The molecule has 0 saturated carbocycles. The van der Waals surface area contributed by atoms with Gasteiger partial charge in [0.15, 0.2) is 12.2 Å². The first kappa shape index (κ1) is 96.1. The van der Waals surface area contributed by atoms with Gasteiger partial charge in [0.2, 0.25) is 0 Å². The van der Waals surface area contributed by atoms with Crippen LogP contribution in [0.15, 0.2) is 0 Å². The lowest BCUT2D eigenvalue weighted by atomic mass is 10.0. The van der Waals surface area contributed by atoms with Crippen LogP contribution in [0.2, 0.25) is 0 Å². The van der Waals surface area contributed by atoms with Gasteiger partial charge in [-0.05, 0) is 37.5 Å². The van der Waals surface area contributed by atoms with Crippen LogP contribution in [-0.2, 0) is 65.4 Å². The molecule has 0 aromatic rings. The number of aliphatic hydroxyl groups is 1. The highest BCUT2D eigenvalue weighted by atomic mass is 31.2. The summed E-state index contributed by atoms with van der Waals surface area (Å²) in [6.45, 7) is 9.58. The van der Waals surface area contributed by atoms with Crippen molar-refractivity contribution in [2.75, 3.05) is 39.6 Å². The van der Waals surface area contributed by atoms with E-state index in [9.17, 15) is 43.2 Å². The normalized spacial score (nSPS) is 13.9. The lowest BCUT2D eigenvalue weighted by molar-refractivity contribution is -0.161. The highest BCUT2D eigenvalue weighted by Crippen LogP contribution is 2.45. The lowest BCUT2D eigenvalue weighted by Gasteiger charge is -2.21. The third-order valence-electron chi connectivity index (χ3n) is 18.5. The number of hydrogen-bond donors (Lipinski definition) is 3. The molecule has 0 rings (SSSR count). The molecule has 0 radical (unpaired) electrons. The van der Waals surface area contributed by atoms with Crippen molar-refractivity contribution >= 4 is 39.5 Å². The number of unbranched alkanes of at least 4 members (excludes halogenated alkanes) is 48. The van der Waals surface area contributed by atoms with E-state index in [-0.39, 0.29) is 25.7 Å². The first-order valence-electron chi connectivity index (χ1n) is 41.0. The summed E-state index contributed by atoms with van der Waals surface area (Å²) in [5.41, 5.74) is 0. The Morgan fingerprint density at radius 1 is 0.276 bits per heavy atom. The van der Waals surface area contributed by atoms with E-state index < -0.39 is 97.5 Å². The van der Waals surface area contributed by atoms with Gasteiger partial charge in [-0.3, -0.25) is 37.3 Å². The molecule has 0 aliphatic carbocycles. The molecule has 5 atom stereocenters. The van der Waals surface area contributed by atoms with Gasteiger partial charge in [0, 0.05) is 25.7 Å². The van der Waals surface area contributed by atoms with Gasteiger partial charge in [0.25, 0.3) is 0 Å². The molecule has 582 valence electrons. The Morgan fingerprint density at radius 3 is 0.694 bits per heavy atom. The van der Waals surface area contributed by atoms with Crippen molar-refractivity contribution in [3.8, 4) is 0 Å². The van der Waals surface area contributed by atoms with E-state index >= 15 is 0 Å². The molecule has 0 saturated heterocycles. The Balaban J connectivity index is 5.25. The van der Waals surface area contributed by atoms with Crippen LogP contribution in [0.5, 0.6) is 0 Å². The Labute approximate surface area is 600 Å². The van der Waals surface area contributed by atoms with Gasteiger partial charge in [-0.15, -0.1) is 0 Å². The molecule has 17 nitrogen and oxygen atoms in total. The fourth-order valence-corrected chi connectivity index (χ4v) is 13.8. The molecular formula is C79H154O17P2.